The first kappa shape index (κ1) is 24.2. The van der Waals surface area contributed by atoms with Gasteiger partial charge in [-0.25, -0.2) is 14.2 Å². The van der Waals surface area contributed by atoms with Gasteiger partial charge in [-0.1, -0.05) is 18.2 Å². The highest BCUT2D eigenvalue weighted by atomic mass is 19.1. The molecule has 174 valence electrons. The normalized spacial score (nSPS) is 11.5. The van der Waals surface area contributed by atoms with Crippen LogP contribution in [0.4, 0.5) is 4.39 Å². The molecule has 0 aliphatic heterocycles. The number of rotatable bonds is 11. The molecule has 2 aromatic carbocycles. The van der Waals surface area contributed by atoms with E-state index in [4.69, 9.17) is 9.47 Å². The number of nitrogens with one attached hydrogen (secondary N) is 1. The van der Waals surface area contributed by atoms with Crippen molar-refractivity contribution >= 4 is 12.0 Å². The van der Waals surface area contributed by atoms with Crippen LogP contribution in [0, 0.1) is 12.7 Å². The lowest BCUT2D eigenvalue weighted by atomic mass is 10.1. The van der Waals surface area contributed by atoms with E-state index in [-0.39, 0.29) is 11.8 Å². The SMILES string of the molecule is CCOC(=O)/C(=C\c1ccc(-n2cnc(C)c2)c(OC)c1)CCCNCc1cccc(F)c1. The van der Waals surface area contributed by atoms with E-state index in [1.807, 2.05) is 48.0 Å². The number of aryl methyl sites for hydroxylation is 1. The van der Waals surface area contributed by atoms with Crippen LogP contribution in [0.2, 0.25) is 0 Å². The molecule has 0 atom stereocenters. The molecule has 0 spiro atoms. The van der Waals surface area contributed by atoms with E-state index in [0.717, 1.165) is 28.9 Å². The molecule has 1 aromatic heterocycles. The molecule has 0 aliphatic rings. The average Bonchev–Trinajstić information content (AvgIpc) is 3.24. The van der Waals surface area contributed by atoms with E-state index in [0.29, 0.717) is 37.4 Å². The second-order valence-corrected chi connectivity index (χ2v) is 7.65. The zero-order chi connectivity index (χ0) is 23.6. The fourth-order valence-electron chi connectivity index (χ4n) is 3.49. The van der Waals surface area contributed by atoms with E-state index in [2.05, 4.69) is 10.3 Å². The van der Waals surface area contributed by atoms with Crippen molar-refractivity contribution in [1.29, 1.82) is 0 Å². The number of aromatic nitrogens is 2. The molecule has 0 fully saturated rings. The molecule has 0 saturated heterocycles. The third-order valence-electron chi connectivity index (χ3n) is 5.09. The van der Waals surface area contributed by atoms with Crippen molar-refractivity contribution in [3.8, 4) is 11.4 Å². The Hall–Kier alpha value is -3.45. The molecule has 1 heterocycles. The van der Waals surface area contributed by atoms with Gasteiger partial charge >= 0.3 is 5.97 Å². The largest absolute Gasteiger partial charge is 0.495 e. The van der Waals surface area contributed by atoms with Gasteiger partial charge in [-0.05, 0) is 74.7 Å². The summed E-state index contributed by atoms with van der Waals surface area (Å²) in [6, 6.07) is 12.3. The summed E-state index contributed by atoms with van der Waals surface area (Å²) >= 11 is 0. The topological polar surface area (TPSA) is 65.4 Å². The summed E-state index contributed by atoms with van der Waals surface area (Å²) in [4.78, 5) is 16.8. The lowest BCUT2D eigenvalue weighted by molar-refractivity contribution is -0.138. The first-order valence-corrected chi connectivity index (χ1v) is 11.0. The van der Waals surface area contributed by atoms with Gasteiger partial charge in [0, 0.05) is 18.3 Å². The van der Waals surface area contributed by atoms with Crippen molar-refractivity contribution in [2.75, 3.05) is 20.3 Å². The zero-order valence-corrected chi connectivity index (χ0v) is 19.3. The molecule has 0 radical (unpaired) electrons. The van der Waals surface area contributed by atoms with E-state index in [9.17, 15) is 9.18 Å². The summed E-state index contributed by atoms with van der Waals surface area (Å²) in [5.74, 6) is 0.114. The molecular formula is C26H30FN3O3. The molecule has 7 heteroatoms. The summed E-state index contributed by atoms with van der Waals surface area (Å²) in [6.45, 7) is 5.30. The molecule has 0 aliphatic carbocycles. The van der Waals surface area contributed by atoms with Crippen molar-refractivity contribution in [3.05, 3.63) is 83.2 Å². The van der Waals surface area contributed by atoms with Crippen molar-refractivity contribution in [3.63, 3.8) is 0 Å². The van der Waals surface area contributed by atoms with E-state index in [1.54, 1.807) is 26.4 Å². The molecule has 33 heavy (non-hydrogen) atoms. The maximum atomic E-state index is 13.3. The van der Waals surface area contributed by atoms with Crippen LogP contribution in [-0.2, 0) is 16.1 Å². The maximum Gasteiger partial charge on any atom is 0.334 e. The Morgan fingerprint density at radius 3 is 2.79 bits per heavy atom. The smallest absolute Gasteiger partial charge is 0.334 e. The van der Waals surface area contributed by atoms with Crippen molar-refractivity contribution in [2.45, 2.75) is 33.2 Å². The van der Waals surface area contributed by atoms with Crippen LogP contribution in [0.15, 0.2) is 60.6 Å². The highest BCUT2D eigenvalue weighted by Crippen LogP contribution is 2.26. The number of benzene rings is 2. The molecule has 0 bridgehead atoms. The lowest BCUT2D eigenvalue weighted by Gasteiger charge is -2.12. The maximum absolute atomic E-state index is 13.3. The standard InChI is InChI=1S/C26H30FN3O3/c1-4-33-26(31)22(8-6-12-28-16-21-7-5-9-23(27)14-21)13-20-10-11-24(25(15-20)32-3)30-17-19(2)29-18-30/h5,7,9-11,13-15,17-18,28H,4,6,8,12,16H2,1-3H3/b22-13-. The monoisotopic (exact) mass is 451 g/mol. The number of ether oxygens (including phenoxy) is 2. The third kappa shape index (κ3) is 7.02. The minimum atomic E-state index is -0.323. The van der Waals surface area contributed by atoms with Crippen LogP contribution in [0.25, 0.3) is 11.8 Å². The highest BCUT2D eigenvalue weighted by Gasteiger charge is 2.12. The molecule has 0 saturated carbocycles. The predicted molar refractivity (Wildman–Crippen MR) is 127 cm³/mol. The summed E-state index contributed by atoms with van der Waals surface area (Å²) in [5, 5.41) is 3.29. The van der Waals surface area contributed by atoms with Crippen molar-refractivity contribution in [2.24, 2.45) is 0 Å². The number of hydrogen-bond acceptors (Lipinski definition) is 5. The Morgan fingerprint density at radius 1 is 1.24 bits per heavy atom. The quantitative estimate of drug-likeness (QED) is 0.257. The number of hydrogen-bond donors (Lipinski definition) is 1. The number of nitrogens with zero attached hydrogens (tertiary/aromatic N) is 2. The van der Waals surface area contributed by atoms with Gasteiger partial charge < -0.3 is 19.4 Å². The van der Waals surface area contributed by atoms with Crippen LogP contribution in [0.3, 0.4) is 0 Å². The van der Waals surface area contributed by atoms with E-state index < -0.39 is 0 Å². The van der Waals surface area contributed by atoms with Crippen LogP contribution in [-0.4, -0.2) is 35.8 Å². The van der Waals surface area contributed by atoms with Gasteiger partial charge in [0.25, 0.3) is 0 Å². The van der Waals surface area contributed by atoms with Crippen molar-refractivity contribution in [1.82, 2.24) is 14.9 Å². The Morgan fingerprint density at radius 2 is 2.09 bits per heavy atom. The van der Waals surface area contributed by atoms with E-state index >= 15 is 0 Å². The average molecular weight is 452 g/mol. The molecule has 3 rings (SSSR count). The highest BCUT2D eigenvalue weighted by molar-refractivity contribution is 5.93. The molecular weight excluding hydrogens is 421 g/mol. The molecule has 6 nitrogen and oxygen atoms in total. The van der Waals surface area contributed by atoms with Gasteiger partial charge in [0.1, 0.15) is 11.6 Å². The summed E-state index contributed by atoms with van der Waals surface area (Å²) < 4.78 is 26.0. The Bertz CT molecular complexity index is 1110. The fourth-order valence-corrected chi connectivity index (χ4v) is 3.49. The number of imidazole rings is 1. The number of methoxy groups -OCH3 is 1. The first-order valence-electron chi connectivity index (χ1n) is 11.0. The van der Waals surface area contributed by atoms with Crippen LogP contribution < -0.4 is 10.1 Å². The Balaban J connectivity index is 1.68. The van der Waals surface area contributed by atoms with Gasteiger partial charge in [0.2, 0.25) is 0 Å². The number of halogens is 1. The minimum Gasteiger partial charge on any atom is -0.495 e. The first-order chi connectivity index (χ1) is 16.0. The van der Waals surface area contributed by atoms with Gasteiger partial charge in [-0.3, -0.25) is 0 Å². The molecule has 0 unspecified atom stereocenters. The zero-order valence-electron chi connectivity index (χ0n) is 19.3. The third-order valence-corrected chi connectivity index (χ3v) is 5.09. The number of esters is 1. The van der Waals surface area contributed by atoms with Gasteiger partial charge in [0.15, 0.2) is 0 Å². The second kappa shape index (κ2) is 12.0. The summed E-state index contributed by atoms with van der Waals surface area (Å²) in [5.41, 5.74) is 4.11. The summed E-state index contributed by atoms with van der Waals surface area (Å²) in [7, 11) is 1.62. The van der Waals surface area contributed by atoms with Gasteiger partial charge in [0.05, 0.1) is 31.4 Å². The van der Waals surface area contributed by atoms with Crippen molar-refractivity contribution < 1.29 is 18.7 Å². The molecule has 3 aromatic rings. The number of carbonyl (C=O) groups is 1. The Labute approximate surface area is 194 Å². The lowest BCUT2D eigenvalue weighted by Crippen LogP contribution is -2.16. The Kier molecular flexibility index (Phi) is 8.78. The van der Waals surface area contributed by atoms with Crippen LogP contribution in [0.5, 0.6) is 5.75 Å². The minimum absolute atomic E-state index is 0.244. The fraction of sp³-hybridized carbons (Fsp3) is 0.308. The second-order valence-electron chi connectivity index (χ2n) is 7.65. The predicted octanol–water partition coefficient (Wildman–Crippen LogP) is 4.84. The van der Waals surface area contributed by atoms with Gasteiger partial charge in [-0.15, -0.1) is 0 Å². The van der Waals surface area contributed by atoms with E-state index in [1.165, 1.54) is 12.1 Å². The number of carbonyl (C=O) groups excluding carboxylic acids is 1. The summed E-state index contributed by atoms with van der Waals surface area (Å²) in [6.07, 6.45) is 6.80. The molecule has 0 amide bonds. The van der Waals surface area contributed by atoms with Crippen LogP contribution >= 0.6 is 0 Å². The van der Waals surface area contributed by atoms with Gasteiger partial charge in [-0.2, -0.15) is 0 Å². The van der Waals surface area contributed by atoms with Crippen LogP contribution in [0.1, 0.15) is 36.6 Å². The molecule has 1 N–H and O–H groups in total.